The number of carbonyl (C=O) groups is 1. The van der Waals surface area contributed by atoms with Crippen LogP contribution in [0.3, 0.4) is 0 Å². The summed E-state index contributed by atoms with van der Waals surface area (Å²) in [6.07, 6.45) is 3.83. The molecule has 0 aliphatic heterocycles. The van der Waals surface area contributed by atoms with E-state index in [9.17, 15) is 4.79 Å². The minimum absolute atomic E-state index is 0.0431. The number of ether oxygens (including phenoxy) is 1. The third-order valence-corrected chi connectivity index (χ3v) is 2.68. The summed E-state index contributed by atoms with van der Waals surface area (Å²) in [4.78, 5) is 11.5. The van der Waals surface area contributed by atoms with Gasteiger partial charge in [-0.05, 0) is 26.2 Å². The van der Waals surface area contributed by atoms with E-state index in [0.717, 1.165) is 25.7 Å². The third kappa shape index (κ3) is 2.44. The lowest BCUT2D eigenvalue weighted by molar-refractivity contribution is -0.154. The Bertz CT molecular complexity index is 187. The quantitative estimate of drug-likeness (QED) is 0.660. The van der Waals surface area contributed by atoms with Crippen molar-refractivity contribution in [2.75, 3.05) is 6.54 Å². The lowest BCUT2D eigenvalue weighted by Crippen LogP contribution is -2.29. The van der Waals surface area contributed by atoms with Crippen LogP contribution in [0.15, 0.2) is 0 Å². The van der Waals surface area contributed by atoms with E-state index in [1.54, 1.807) is 0 Å². The van der Waals surface area contributed by atoms with Crippen molar-refractivity contribution in [3.8, 4) is 0 Å². The largest absolute Gasteiger partial charge is 0.462 e. The first-order valence-corrected chi connectivity index (χ1v) is 5.06. The lowest BCUT2D eigenvalue weighted by atomic mass is 10.1. The van der Waals surface area contributed by atoms with Gasteiger partial charge < -0.3 is 10.5 Å². The highest BCUT2D eigenvalue weighted by atomic mass is 16.5. The maximum atomic E-state index is 11.5. The van der Waals surface area contributed by atoms with E-state index in [1.165, 1.54) is 0 Å². The molecule has 0 aromatic rings. The predicted molar refractivity (Wildman–Crippen MR) is 51.2 cm³/mol. The van der Waals surface area contributed by atoms with Crippen molar-refractivity contribution in [2.45, 2.75) is 45.6 Å². The molecule has 0 spiro atoms. The Hall–Kier alpha value is -0.570. The summed E-state index contributed by atoms with van der Waals surface area (Å²) in [7, 11) is 0. The predicted octanol–water partition coefficient (Wildman–Crippen LogP) is 1.46. The van der Waals surface area contributed by atoms with Gasteiger partial charge >= 0.3 is 5.97 Å². The molecule has 1 rings (SSSR count). The SMILES string of the molecule is CCCC(C)OC(=O)C1(CN)CC1. The summed E-state index contributed by atoms with van der Waals surface area (Å²) in [5.74, 6) is -0.0871. The second-order valence-electron chi connectivity index (χ2n) is 3.99. The second-order valence-corrected chi connectivity index (χ2v) is 3.99. The van der Waals surface area contributed by atoms with Gasteiger partial charge in [0.25, 0.3) is 0 Å². The Morgan fingerprint density at radius 3 is 2.62 bits per heavy atom. The van der Waals surface area contributed by atoms with Gasteiger partial charge in [0.05, 0.1) is 11.5 Å². The van der Waals surface area contributed by atoms with Crippen LogP contribution >= 0.6 is 0 Å². The fourth-order valence-corrected chi connectivity index (χ4v) is 1.42. The molecular formula is C10H19NO2. The van der Waals surface area contributed by atoms with Gasteiger partial charge in [0.1, 0.15) is 0 Å². The summed E-state index contributed by atoms with van der Waals surface area (Å²) >= 11 is 0. The topological polar surface area (TPSA) is 52.3 Å². The van der Waals surface area contributed by atoms with Crippen LogP contribution in [-0.4, -0.2) is 18.6 Å². The van der Waals surface area contributed by atoms with Crippen molar-refractivity contribution in [1.82, 2.24) is 0 Å². The smallest absolute Gasteiger partial charge is 0.313 e. The molecule has 13 heavy (non-hydrogen) atoms. The van der Waals surface area contributed by atoms with Crippen LogP contribution in [-0.2, 0) is 9.53 Å². The fraction of sp³-hybridized carbons (Fsp3) is 0.900. The molecule has 0 amide bonds. The molecule has 2 N–H and O–H groups in total. The van der Waals surface area contributed by atoms with Crippen molar-refractivity contribution < 1.29 is 9.53 Å². The monoisotopic (exact) mass is 185 g/mol. The minimum Gasteiger partial charge on any atom is -0.462 e. The zero-order chi connectivity index (χ0) is 9.90. The van der Waals surface area contributed by atoms with Crippen molar-refractivity contribution in [3.63, 3.8) is 0 Å². The molecule has 1 aliphatic rings. The van der Waals surface area contributed by atoms with Gasteiger partial charge in [-0.2, -0.15) is 0 Å². The molecule has 1 atom stereocenters. The van der Waals surface area contributed by atoms with E-state index in [1.807, 2.05) is 6.92 Å². The van der Waals surface area contributed by atoms with Crippen LogP contribution in [0.4, 0.5) is 0 Å². The lowest BCUT2D eigenvalue weighted by Gasteiger charge is -2.16. The maximum Gasteiger partial charge on any atom is 0.313 e. The van der Waals surface area contributed by atoms with E-state index in [-0.39, 0.29) is 17.5 Å². The van der Waals surface area contributed by atoms with Crippen LogP contribution in [0.2, 0.25) is 0 Å². The van der Waals surface area contributed by atoms with Crippen molar-refractivity contribution >= 4 is 5.97 Å². The summed E-state index contributed by atoms with van der Waals surface area (Å²) in [6, 6.07) is 0. The van der Waals surface area contributed by atoms with Gasteiger partial charge in [-0.1, -0.05) is 13.3 Å². The summed E-state index contributed by atoms with van der Waals surface area (Å²) in [5, 5.41) is 0. The summed E-state index contributed by atoms with van der Waals surface area (Å²) in [6.45, 7) is 4.46. The van der Waals surface area contributed by atoms with Gasteiger partial charge in [0.2, 0.25) is 0 Å². The highest BCUT2D eigenvalue weighted by Crippen LogP contribution is 2.45. The van der Waals surface area contributed by atoms with Crippen LogP contribution in [0.25, 0.3) is 0 Å². The standard InChI is InChI=1S/C10H19NO2/c1-3-4-8(2)13-9(12)10(7-11)5-6-10/h8H,3-7,11H2,1-2H3. The van der Waals surface area contributed by atoms with Gasteiger partial charge in [0.15, 0.2) is 0 Å². The van der Waals surface area contributed by atoms with Crippen LogP contribution in [0.1, 0.15) is 39.5 Å². The van der Waals surface area contributed by atoms with Gasteiger partial charge in [-0.25, -0.2) is 0 Å². The molecule has 0 saturated heterocycles. The zero-order valence-electron chi connectivity index (χ0n) is 8.51. The molecule has 0 aromatic carbocycles. The van der Waals surface area contributed by atoms with Gasteiger partial charge in [-0.15, -0.1) is 0 Å². The Morgan fingerprint density at radius 1 is 1.62 bits per heavy atom. The van der Waals surface area contributed by atoms with Gasteiger partial charge in [0, 0.05) is 6.54 Å². The molecule has 0 heterocycles. The Morgan fingerprint density at radius 2 is 2.23 bits per heavy atom. The molecular weight excluding hydrogens is 166 g/mol. The molecule has 1 unspecified atom stereocenters. The second kappa shape index (κ2) is 4.09. The number of carbonyl (C=O) groups excluding carboxylic acids is 1. The van der Waals surface area contributed by atoms with Gasteiger partial charge in [-0.3, -0.25) is 4.79 Å². The average molecular weight is 185 g/mol. The van der Waals surface area contributed by atoms with E-state index < -0.39 is 0 Å². The van der Waals surface area contributed by atoms with Crippen LogP contribution in [0.5, 0.6) is 0 Å². The fourth-order valence-electron chi connectivity index (χ4n) is 1.42. The number of nitrogens with two attached hydrogens (primary N) is 1. The molecule has 76 valence electrons. The Kier molecular flexibility index (Phi) is 3.31. The first-order valence-electron chi connectivity index (χ1n) is 5.06. The Labute approximate surface area is 79.6 Å². The summed E-state index contributed by atoms with van der Waals surface area (Å²) in [5.41, 5.74) is 5.21. The highest BCUT2D eigenvalue weighted by Gasteiger charge is 2.50. The van der Waals surface area contributed by atoms with E-state index in [0.29, 0.717) is 6.54 Å². The normalized spacial score (nSPS) is 20.8. The first kappa shape index (κ1) is 10.5. The van der Waals surface area contributed by atoms with E-state index in [2.05, 4.69) is 6.92 Å². The van der Waals surface area contributed by atoms with Crippen molar-refractivity contribution in [3.05, 3.63) is 0 Å². The molecule has 3 nitrogen and oxygen atoms in total. The van der Waals surface area contributed by atoms with E-state index in [4.69, 9.17) is 10.5 Å². The molecule has 1 fully saturated rings. The molecule has 0 aromatic heterocycles. The van der Waals surface area contributed by atoms with Crippen LogP contribution in [0, 0.1) is 5.41 Å². The first-order chi connectivity index (χ1) is 6.14. The third-order valence-electron chi connectivity index (χ3n) is 2.68. The number of hydrogen-bond donors (Lipinski definition) is 1. The number of esters is 1. The molecule has 0 bridgehead atoms. The minimum atomic E-state index is -0.304. The maximum absolute atomic E-state index is 11.5. The molecule has 3 heteroatoms. The molecule has 1 saturated carbocycles. The summed E-state index contributed by atoms with van der Waals surface area (Å²) < 4.78 is 5.29. The van der Waals surface area contributed by atoms with Crippen molar-refractivity contribution in [2.24, 2.45) is 11.1 Å². The van der Waals surface area contributed by atoms with E-state index >= 15 is 0 Å². The highest BCUT2D eigenvalue weighted by molar-refractivity contribution is 5.80. The molecule has 0 radical (unpaired) electrons. The zero-order valence-corrected chi connectivity index (χ0v) is 8.51. The number of hydrogen-bond acceptors (Lipinski definition) is 3. The Balaban J connectivity index is 2.32. The number of rotatable bonds is 5. The van der Waals surface area contributed by atoms with Crippen molar-refractivity contribution in [1.29, 1.82) is 0 Å². The molecule has 1 aliphatic carbocycles. The average Bonchev–Trinajstić information content (AvgIpc) is 2.84. The van der Waals surface area contributed by atoms with Crippen LogP contribution < -0.4 is 5.73 Å².